The van der Waals surface area contributed by atoms with E-state index in [9.17, 15) is 0 Å². The van der Waals surface area contributed by atoms with E-state index >= 15 is 0 Å². The van der Waals surface area contributed by atoms with E-state index in [2.05, 4.69) is 10.2 Å². The summed E-state index contributed by atoms with van der Waals surface area (Å²) in [5, 5.41) is 8.52. The number of aromatic amines is 1. The van der Waals surface area contributed by atoms with Gasteiger partial charge in [-0.15, -0.1) is 0 Å². The van der Waals surface area contributed by atoms with Crippen molar-refractivity contribution in [2.75, 3.05) is 0 Å². The van der Waals surface area contributed by atoms with Crippen molar-refractivity contribution in [1.29, 1.82) is 0 Å². The molecule has 1 heterocycles. The summed E-state index contributed by atoms with van der Waals surface area (Å²) in [4.78, 5) is 0. The fourth-order valence-corrected chi connectivity index (χ4v) is 2.24. The molecule has 2 aromatic rings. The maximum Gasteiger partial charge on any atom is 0.0629 e. The van der Waals surface area contributed by atoms with Crippen molar-refractivity contribution in [3.05, 3.63) is 50.8 Å². The first-order chi connectivity index (χ1) is 7.59. The lowest BCUT2D eigenvalue weighted by atomic mass is 10.0. The molecular weight excluding hydrogens is 243 g/mol. The van der Waals surface area contributed by atoms with Gasteiger partial charge in [-0.1, -0.05) is 29.3 Å². The molecular formula is C12H12Cl2N2. The average molecular weight is 255 g/mol. The van der Waals surface area contributed by atoms with Crippen LogP contribution in [0.2, 0.25) is 10.0 Å². The van der Waals surface area contributed by atoms with Gasteiger partial charge in [0.25, 0.3) is 0 Å². The molecule has 0 saturated heterocycles. The lowest BCUT2D eigenvalue weighted by molar-refractivity contribution is 1.02. The molecule has 0 aliphatic rings. The molecule has 2 rings (SSSR count). The van der Waals surface area contributed by atoms with Crippen LogP contribution in [0.3, 0.4) is 0 Å². The van der Waals surface area contributed by atoms with Gasteiger partial charge in [-0.2, -0.15) is 5.10 Å². The van der Waals surface area contributed by atoms with Gasteiger partial charge >= 0.3 is 0 Å². The van der Waals surface area contributed by atoms with E-state index in [4.69, 9.17) is 23.2 Å². The first kappa shape index (κ1) is 11.5. The molecule has 0 aliphatic carbocycles. The van der Waals surface area contributed by atoms with Gasteiger partial charge in [0.1, 0.15) is 0 Å². The largest absolute Gasteiger partial charge is 0.282 e. The number of halogens is 2. The Kier molecular flexibility index (Phi) is 3.22. The summed E-state index contributed by atoms with van der Waals surface area (Å²) in [5.41, 5.74) is 4.18. The van der Waals surface area contributed by atoms with E-state index in [1.165, 1.54) is 0 Å². The van der Waals surface area contributed by atoms with E-state index < -0.39 is 0 Å². The maximum atomic E-state index is 6.14. The van der Waals surface area contributed by atoms with Crippen LogP contribution in [-0.4, -0.2) is 10.2 Å². The van der Waals surface area contributed by atoms with Crippen molar-refractivity contribution in [3.8, 4) is 0 Å². The second kappa shape index (κ2) is 4.48. The van der Waals surface area contributed by atoms with Gasteiger partial charge < -0.3 is 0 Å². The Morgan fingerprint density at radius 2 is 1.75 bits per heavy atom. The van der Waals surface area contributed by atoms with Crippen LogP contribution < -0.4 is 0 Å². The van der Waals surface area contributed by atoms with Gasteiger partial charge in [-0.05, 0) is 31.5 Å². The predicted molar refractivity (Wildman–Crippen MR) is 67.3 cm³/mol. The summed E-state index contributed by atoms with van der Waals surface area (Å²) < 4.78 is 0. The minimum absolute atomic E-state index is 0.701. The molecule has 0 spiro atoms. The lowest BCUT2D eigenvalue weighted by Gasteiger charge is -2.06. The van der Waals surface area contributed by atoms with Crippen molar-refractivity contribution >= 4 is 23.2 Å². The zero-order valence-corrected chi connectivity index (χ0v) is 10.7. The normalized spacial score (nSPS) is 10.8. The summed E-state index contributed by atoms with van der Waals surface area (Å²) in [6.45, 7) is 3.98. The highest BCUT2D eigenvalue weighted by Gasteiger charge is 2.11. The summed E-state index contributed by atoms with van der Waals surface area (Å²) in [7, 11) is 0. The third-order valence-corrected chi connectivity index (χ3v) is 3.40. The quantitative estimate of drug-likeness (QED) is 0.865. The number of aromatic nitrogens is 2. The van der Waals surface area contributed by atoms with Crippen LogP contribution >= 0.6 is 23.2 Å². The van der Waals surface area contributed by atoms with E-state index in [0.717, 1.165) is 22.5 Å². The lowest BCUT2D eigenvalue weighted by Crippen LogP contribution is -1.93. The Hall–Kier alpha value is -0.990. The molecule has 4 heteroatoms. The molecule has 1 N–H and O–H groups in total. The minimum atomic E-state index is 0.701. The summed E-state index contributed by atoms with van der Waals surface area (Å²) in [6.07, 6.45) is 0.715. The van der Waals surface area contributed by atoms with E-state index in [-0.39, 0.29) is 0 Å². The first-order valence-corrected chi connectivity index (χ1v) is 5.78. The molecule has 16 heavy (non-hydrogen) atoms. The Labute approximate surface area is 105 Å². The molecule has 2 nitrogen and oxygen atoms in total. The molecule has 0 radical (unpaired) electrons. The molecule has 1 aromatic carbocycles. The highest BCUT2D eigenvalue weighted by atomic mass is 35.5. The average Bonchev–Trinajstić information content (AvgIpc) is 2.54. The third kappa shape index (κ3) is 2.08. The molecule has 84 valence electrons. The minimum Gasteiger partial charge on any atom is -0.282 e. The smallest absolute Gasteiger partial charge is 0.0629 e. The first-order valence-electron chi connectivity index (χ1n) is 5.03. The Bertz CT molecular complexity index is 478. The van der Waals surface area contributed by atoms with Gasteiger partial charge in [0.2, 0.25) is 0 Å². The molecule has 1 aromatic heterocycles. The van der Waals surface area contributed by atoms with Crippen molar-refractivity contribution in [1.82, 2.24) is 10.2 Å². The van der Waals surface area contributed by atoms with Crippen LogP contribution in [0.1, 0.15) is 22.5 Å². The Balaban J connectivity index is 2.41. The number of hydrogen-bond donors (Lipinski definition) is 1. The predicted octanol–water partition coefficient (Wildman–Crippen LogP) is 3.92. The number of benzene rings is 1. The fourth-order valence-electron chi connectivity index (χ4n) is 1.71. The Morgan fingerprint density at radius 1 is 1.12 bits per heavy atom. The van der Waals surface area contributed by atoms with Crippen molar-refractivity contribution in [3.63, 3.8) is 0 Å². The second-order valence-electron chi connectivity index (χ2n) is 3.79. The van der Waals surface area contributed by atoms with E-state index in [0.29, 0.717) is 16.5 Å². The molecule has 0 atom stereocenters. The van der Waals surface area contributed by atoms with E-state index in [1.807, 2.05) is 32.0 Å². The SMILES string of the molecule is Cc1n[nH]c(C)c1Cc1c(Cl)cccc1Cl. The van der Waals surface area contributed by atoms with Gasteiger partial charge in [-0.25, -0.2) is 0 Å². The molecule has 0 fully saturated rings. The molecule has 0 aliphatic heterocycles. The number of rotatable bonds is 2. The number of nitrogens with one attached hydrogen (secondary N) is 1. The van der Waals surface area contributed by atoms with Crippen molar-refractivity contribution in [2.24, 2.45) is 0 Å². The zero-order chi connectivity index (χ0) is 11.7. The molecule has 0 amide bonds. The van der Waals surface area contributed by atoms with E-state index in [1.54, 1.807) is 0 Å². The van der Waals surface area contributed by atoms with Crippen LogP contribution in [0.25, 0.3) is 0 Å². The number of H-pyrrole nitrogens is 1. The second-order valence-corrected chi connectivity index (χ2v) is 4.60. The van der Waals surface area contributed by atoms with Crippen molar-refractivity contribution in [2.45, 2.75) is 20.3 Å². The van der Waals surface area contributed by atoms with Gasteiger partial charge in [-0.3, -0.25) is 5.10 Å². The molecule has 0 saturated carbocycles. The fraction of sp³-hybridized carbons (Fsp3) is 0.250. The molecule has 0 bridgehead atoms. The molecule has 0 unspecified atom stereocenters. The topological polar surface area (TPSA) is 28.7 Å². The monoisotopic (exact) mass is 254 g/mol. The number of aryl methyl sites for hydroxylation is 2. The zero-order valence-electron chi connectivity index (χ0n) is 9.14. The summed E-state index contributed by atoms with van der Waals surface area (Å²) in [6, 6.07) is 5.56. The van der Waals surface area contributed by atoms with Gasteiger partial charge in [0, 0.05) is 27.7 Å². The van der Waals surface area contributed by atoms with Crippen LogP contribution in [-0.2, 0) is 6.42 Å². The Morgan fingerprint density at radius 3 is 2.25 bits per heavy atom. The summed E-state index contributed by atoms with van der Waals surface area (Å²) >= 11 is 12.3. The van der Waals surface area contributed by atoms with Crippen LogP contribution in [0.15, 0.2) is 18.2 Å². The van der Waals surface area contributed by atoms with Gasteiger partial charge in [0.15, 0.2) is 0 Å². The summed E-state index contributed by atoms with van der Waals surface area (Å²) in [5.74, 6) is 0. The highest BCUT2D eigenvalue weighted by Crippen LogP contribution is 2.28. The van der Waals surface area contributed by atoms with Crippen LogP contribution in [0.4, 0.5) is 0 Å². The third-order valence-electron chi connectivity index (χ3n) is 2.70. The standard InChI is InChI=1S/C12H12Cl2N2/c1-7-9(8(2)16-15-7)6-10-11(13)4-3-5-12(10)14/h3-5H,6H2,1-2H3,(H,15,16). The maximum absolute atomic E-state index is 6.14. The number of hydrogen-bond acceptors (Lipinski definition) is 1. The number of nitrogens with zero attached hydrogens (tertiary/aromatic N) is 1. The van der Waals surface area contributed by atoms with Crippen LogP contribution in [0, 0.1) is 13.8 Å². The van der Waals surface area contributed by atoms with Gasteiger partial charge in [0.05, 0.1) is 5.69 Å². The van der Waals surface area contributed by atoms with Crippen molar-refractivity contribution < 1.29 is 0 Å². The highest BCUT2D eigenvalue weighted by molar-refractivity contribution is 6.36. The van der Waals surface area contributed by atoms with Crippen LogP contribution in [0.5, 0.6) is 0 Å².